The molecule has 6 heteroatoms. The van der Waals surface area contributed by atoms with Gasteiger partial charge < -0.3 is 15.0 Å². The molecule has 1 saturated heterocycles. The second kappa shape index (κ2) is 6.76. The topological polar surface area (TPSA) is 74.6 Å². The quantitative estimate of drug-likeness (QED) is 0.859. The smallest absolute Gasteiger partial charge is 0.352 e. The van der Waals surface area contributed by atoms with Crippen molar-refractivity contribution in [1.82, 2.24) is 14.8 Å². The number of hydrogen-bond acceptors (Lipinski definition) is 3. The summed E-state index contributed by atoms with van der Waals surface area (Å²) in [5.74, 6) is -0.832. The Kier molecular flexibility index (Phi) is 5.01. The van der Waals surface area contributed by atoms with Gasteiger partial charge in [0.1, 0.15) is 5.69 Å². The van der Waals surface area contributed by atoms with E-state index in [1.165, 1.54) is 0 Å². The normalized spacial score (nSPS) is 18.4. The van der Waals surface area contributed by atoms with E-state index in [-0.39, 0.29) is 18.0 Å². The molecule has 0 radical (unpaired) electrons. The summed E-state index contributed by atoms with van der Waals surface area (Å²) in [4.78, 5) is 25.2. The molecule has 2 rings (SSSR count). The van der Waals surface area contributed by atoms with Crippen molar-refractivity contribution in [2.75, 3.05) is 19.6 Å². The highest BCUT2D eigenvalue weighted by molar-refractivity contribution is 5.85. The van der Waals surface area contributed by atoms with Crippen LogP contribution >= 0.6 is 0 Å². The first-order valence-electron chi connectivity index (χ1n) is 7.46. The highest BCUT2D eigenvalue weighted by Crippen LogP contribution is 2.25. The predicted octanol–water partition coefficient (Wildman–Crippen LogP) is 1.35. The number of rotatable bonds is 5. The fourth-order valence-electron chi connectivity index (χ4n) is 2.93. The Labute approximate surface area is 124 Å². The van der Waals surface area contributed by atoms with Crippen molar-refractivity contribution in [3.05, 3.63) is 24.0 Å². The largest absolute Gasteiger partial charge is 0.477 e. The lowest BCUT2D eigenvalue weighted by atomic mass is 10.0. The molecule has 2 heterocycles. The van der Waals surface area contributed by atoms with E-state index in [0.717, 1.165) is 25.9 Å². The molecule has 1 fully saturated rings. The maximum Gasteiger partial charge on any atom is 0.352 e. The number of nitrogens with one attached hydrogen (secondary N) is 1. The van der Waals surface area contributed by atoms with Gasteiger partial charge in [0.2, 0.25) is 5.91 Å². The molecule has 2 N–H and O–H groups in total. The van der Waals surface area contributed by atoms with Crippen LogP contribution in [-0.2, 0) is 4.79 Å². The van der Waals surface area contributed by atoms with Crippen molar-refractivity contribution in [1.29, 1.82) is 0 Å². The van der Waals surface area contributed by atoms with E-state index in [1.807, 2.05) is 24.6 Å². The summed E-state index contributed by atoms with van der Waals surface area (Å²) >= 11 is 0. The van der Waals surface area contributed by atoms with E-state index in [0.29, 0.717) is 12.2 Å². The highest BCUT2D eigenvalue weighted by atomic mass is 16.4. The van der Waals surface area contributed by atoms with Crippen molar-refractivity contribution in [2.45, 2.75) is 38.8 Å². The lowest BCUT2D eigenvalue weighted by molar-refractivity contribution is -0.126. The Morgan fingerprint density at radius 3 is 2.67 bits per heavy atom. The van der Waals surface area contributed by atoms with Gasteiger partial charge in [0.05, 0.1) is 6.04 Å². The van der Waals surface area contributed by atoms with Crippen molar-refractivity contribution in [3.63, 3.8) is 0 Å². The van der Waals surface area contributed by atoms with Gasteiger partial charge in [-0.05, 0) is 38.8 Å². The summed E-state index contributed by atoms with van der Waals surface area (Å²) in [6.45, 7) is 6.09. The molecule has 1 atom stereocenters. The number of amides is 1. The molecule has 1 unspecified atom stereocenters. The Morgan fingerprint density at radius 1 is 1.43 bits per heavy atom. The van der Waals surface area contributed by atoms with E-state index in [9.17, 15) is 14.7 Å². The Balaban J connectivity index is 1.95. The van der Waals surface area contributed by atoms with E-state index in [1.54, 1.807) is 12.1 Å². The number of piperidine rings is 1. The molecule has 0 aliphatic carbocycles. The van der Waals surface area contributed by atoms with Crippen molar-refractivity contribution < 1.29 is 14.7 Å². The number of carbonyl (C=O) groups is 2. The first-order valence-corrected chi connectivity index (χ1v) is 7.46. The van der Waals surface area contributed by atoms with Gasteiger partial charge in [-0.25, -0.2) is 4.79 Å². The zero-order valence-electron chi connectivity index (χ0n) is 12.6. The maximum absolute atomic E-state index is 11.9. The molecule has 0 saturated carbocycles. The molecule has 1 aliphatic rings. The Hall–Kier alpha value is -1.82. The molecule has 1 aliphatic heterocycles. The summed E-state index contributed by atoms with van der Waals surface area (Å²) in [5, 5.41) is 12.0. The van der Waals surface area contributed by atoms with Crippen LogP contribution in [0.3, 0.4) is 0 Å². The van der Waals surface area contributed by atoms with E-state index >= 15 is 0 Å². The van der Waals surface area contributed by atoms with E-state index in [4.69, 9.17) is 0 Å². The van der Waals surface area contributed by atoms with Crippen molar-refractivity contribution in [2.24, 2.45) is 0 Å². The molecule has 0 aromatic carbocycles. The van der Waals surface area contributed by atoms with E-state index in [2.05, 4.69) is 10.2 Å². The summed E-state index contributed by atoms with van der Waals surface area (Å²) in [6, 6.07) is 3.47. The van der Waals surface area contributed by atoms with Gasteiger partial charge in [-0.3, -0.25) is 9.69 Å². The number of aromatic nitrogens is 1. The van der Waals surface area contributed by atoms with Gasteiger partial charge in [-0.2, -0.15) is 0 Å². The van der Waals surface area contributed by atoms with Crippen LogP contribution in [0.2, 0.25) is 0 Å². The third-order valence-electron chi connectivity index (χ3n) is 4.17. The summed E-state index contributed by atoms with van der Waals surface area (Å²) in [6.07, 6.45) is 3.55. The van der Waals surface area contributed by atoms with Crippen LogP contribution in [0.5, 0.6) is 0 Å². The summed E-state index contributed by atoms with van der Waals surface area (Å²) in [7, 11) is 0. The van der Waals surface area contributed by atoms with E-state index < -0.39 is 5.97 Å². The van der Waals surface area contributed by atoms with Crippen LogP contribution in [0.15, 0.2) is 18.3 Å². The lowest BCUT2D eigenvalue weighted by Gasteiger charge is -2.36. The molecule has 1 amide bonds. The monoisotopic (exact) mass is 293 g/mol. The lowest BCUT2D eigenvalue weighted by Crippen LogP contribution is -2.48. The fourth-order valence-corrected chi connectivity index (χ4v) is 2.93. The number of carbonyl (C=O) groups excluding carboxylic acids is 1. The van der Waals surface area contributed by atoms with Gasteiger partial charge in [0, 0.05) is 31.9 Å². The second-order valence-electron chi connectivity index (χ2n) is 5.44. The van der Waals surface area contributed by atoms with Crippen LogP contribution in [0.1, 0.15) is 43.2 Å². The maximum atomic E-state index is 11.9. The van der Waals surface area contributed by atoms with Crippen molar-refractivity contribution >= 4 is 11.9 Å². The number of likely N-dealkylation sites (tertiary alicyclic amines) is 1. The predicted molar refractivity (Wildman–Crippen MR) is 79.4 cm³/mol. The Morgan fingerprint density at radius 2 is 2.10 bits per heavy atom. The van der Waals surface area contributed by atoms with Crippen LogP contribution in [0.25, 0.3) is 0 Å². The van der Waals surface area contributed by atoms with Crippen LogP contribution in [-0.4, -0.2) is 52.1 Å². The molecular formula is C15H23N3O3. The minimum Gasteiger partial charge on any atom is -0.477 e. The number of carboxylic acids is 1. The molecule has 6 nitrogen and oxygen atoms in total. The van der Waals surface area contributed by atoms with Gasteiger partial charge in [-0.1, -0.05) is 0 Å². The Bertz CT molecular complexity index is 504. The van der Waals surface area contributed by atoms with Crippen LogP contribution in [0.4, 0.5) is 0 Å². The van der Waals surface area contributed by atoms with Gasteiger partial charge in [-0.15, -0.1) is 0 Å². The number of carboxylic acid groups (broad SMARTS) is 1. The number of aromatic carboxylic acids is 1. The third-order valence-corrected chi connectivity index (χ3v) is 4.17. The second-order valence-corrected chi connectivity index (χ2v) is 5.44. The molecule has 1 aromatic heterocycles. The molecule has 1 aromatic rings. The standard InChI is InChI=1S/C15H23N3O3/c1-3-16-14(19)11(2)17-9-6-12(7-10-17)18-8-4-5-13(18)15(20)21/h4-5,8,11-12H,3,6-7,9-10H2,1-2H3,(H,16,19)(H,20,21). The summed E-state index contributed by atoms with van der Waals surface area (Å²) < 4.78 is 1.84. The van der Waals surface area contributed by atoms with Crippen LogP contribution in [0, 0.1) is 0 Å². The number of likely N-dealkylation sites (N-methyl/N-ethyl adjacent to an activating group) is 1. The third kappa shape index (κ3) is 3.44. The highest BCUT2D eigenvalue weighted by Gasteiger charge is 2.28. The van der Waals surface area contributed by atoms with Crippen molar-refractivity contribution in [3.8, 4) is 0 Å². The first-order chi connectivity index (χ1) is 10.0. The van der Waals surface area contributed by atoms with Gasteiger partial charge in [0.15, 0.2) is 0 Å². The zero-order chi connectivity index (χ0) is 15.4. The average Bonchev–Trinajstić information content (AvgIpc) is 2.96. The minimum atomic E-state index is -0.891. The molecular weight excluding hydrogens is 270 g/mol. The number of hydrogen-bond donors (Lipinski definition) is 2. The zero-order valence-corrected chi connectivity index (χ0v) is 12.6. The molecule has 0 bridgehead atoms. The average molecular weight is 293 g/mol. The van der Waals surface area contributed by atoms with Gasteiger partial charge >= 0.3 is 5.97 Å². The molecule has 116 valence electrons. The fraction of sp³-hybridized carbons (Fsp3) is 0.600. The van der Waals surface area contributed by atoms with Gasteiger partial charge in [0.25, 0.3) is 0 Å². The SMILES string of the molecule is CCNC(=O)C(C)N1CCC(n2cccc2C(=O)O)CC1. The molecule has 21 heavy (non-hydrogen) atoms. The summed E-state index contributed by atoms with van der Waals surface area (Å²) in [5.41, 5.74) is 0.338. The van der Waals surface area contributed by atoms with Crippen LogP contribution < -0.4 is 5.32 Å². The first kappa shape index (κ1) is 15.6. The minimum absolute atomic E-state index is 0.0585. The number of nitrogens with zero attached hydrogens (tertiary/aromatic N) is 2. The molecule has 0 spiro atoms.